The third-order valence-electron chi connectivity index (χ3n) is 3.68. The number of imidazole rings is 1. The number of hydrogen-bond acceptors (Lipinski definition) is 5. The molecule has 0 atom stereocenters. The SMILES string of the molecule is CCOc1cc(-c2cn3cc(CC(=O)O)sc3n2)c(OCC)cc1C. The molecule has 2 heterocycles. The summed E-state index contributed by atoms with van der Waals surface area (Å²) in [5, 5.41) is 8.91. The van der Waals surface area contributed by atoms with E-state index in [-0.39, 0.29) is 6.42 Å². The van der Waals surface area contributed by atoms with Crippen LogP contribution in [0, 0.1) is 6.92 Å². The van der Waals surface area contributed by atoms with E-state index in [1.54, 1.807) is 0 Å². The van der Waals surface area contributed by atoms with Gasteiger partial charge in [0.15, 0.2) is 4.96 Å². The van der Waals surface area contributed by atoms with Crippen LogP contribution in [0.1, 0.15) is 24.3 Å². The lowest BCUT2D eigenvalue weighted by Crippen LogP contribution is -1.99. The molecule has 0 saturated heterocycles. The summed E-state index contributed by atoms with van der Waals surface area (Å²) in [5.74, 6) is 0.729. The van der Waals surface area contributed by atoms with Gasteiger partial charge in [-0.15, -0.1) is 11.3 Å². The van der Waals surface area contributed by atoms with E-state index in [1.807, 2.05) is 49.7 Å². The van der Waals surface area contributed by atoms with Crippen molar-refractivity contribution in [2.75, 3.05) is 13.2 Å². The number of aliphatic carboxylic acids is 1. The average molecular weight is 360 g/mol. The minimum absolute atomic E-state index is 0.00652. The maximum absolute atomic E-state index is 10.8. The normalized spacial score (nSPS) is 11.0. The van der Waals surface area contributed by atoms with Crippen LogP contribution in [0.25, 0.3) is 16.2 Å². The lowest BCUT2D eigenvalue weighted by atomic mass is 10.1. The van der Waals surface area contributed by atoms with E-state index in [0.717, 1.165) is 38.2 Å². The molecule has 0 saturated carbocycles. The summed E-state index contributed by atoms with van der Waals surface area (Å²) in [5.41, 5.74) is 2.66. The van der Waals surface area contributed by atoms with E-state index in [0.29, 0.717) is 13.2 Å². The van der Waals surface area contributed by atoms with Crippen LogP contribution in [0.3, 0.4) is 0 Å². The molecule has 0 radical (unpaired) electrons. The molecule has 0 bridgehead atoms. The van der Waals surface area contributed by atoms with Crippen LogP contribution in [-0.4, -0.2) is 33.7 Å². The van der Waals surface area contributed by atoms with Gasteiger partial charge in [-0.25, -0.2) is 4.98 Å². The summed E-state index contributed by atoms with van der Waals surface area (Å²) in [7, 11) is 0. The van der Waals surface area contributed by atoms with Crippen molar-refractivity contribution in [3.05, 3.63) is 35.0 Å². The second kappa shape index (κ2) is 7.14. The smallest absolute Gasteiger partial charge is 0.308 e. The first-order valence-electron chi connectivity index (χ1n) is 8.11. The van der Waals surface area contributed by atoms with Crippen molar-refractivity contribution in [2.45, 2.75) is 27.2 Å². The number of carbonyl (C=O) groups is 1. The highest BCUT2D eigenvalue weighted by molar-refractivity contribution is 7.17. The minimum atomic E-state index is -0.844. The first-order chi connectivity index (χ1) is 12.0. The van der Waals surface area contributed by atoms with Crippen molar-refractivity contribution in [2.24, 2.45) is 0 Å². The highest BCUT2D eigenvalue weighted by Gasteiger charge is 2.16. The van der Waals surface area contributed by atoms with Crippen LogP contribution in [0.2, 0.25) is 0 Å². The number of carboxylic acid groups (broad SMARTS) is 1. The molecule has 0 spiro atoms. The van der Waals surface area contributed by atoms with Gasteiger partial charge in [-0.1, -0.05) is 0 Å². The Labute approximate surface area is 149 Å². The Bertz CT molecular complexity index is 882. The lowest BCUT2D eigenvalue weighted by molar-refractivity contribution is -0.136. The number of rotatable bonds is 7. The van der Waals surface area contributed by atoms with E-state index >= 15 is 0 Å². The molecular formula is C18H20N2O4S. The summed E-state index contributed by atoms with van der Waals surface area (Å²) in [4.78, 5) is 17.0. The molecule has 0 unspecified atom stereocenters. The number of thiazole rings is 1. The Kier molecular flexibility index (Phi) is 4.94. The zero-order chi connectivity index (χ0) is 18.0. The third kappa shape index (κ3) is 3.61. The third-order valence-corrected chi connectivity index (χ3v) is 4.68. The van der Waals surface area contributed by atoms with Gasteiger partial charge in [-0.2, -0.15) is 0 Å². The molecule has 25 heavy (non-hydrogen) atoms. The number of fused-ring (bicyclic) bond motifs is 1. The number of hydrogen-bond donors (Lipinski definition) is 1. The van der Waals surface area contributed by atoms with Gasteiger partial charge in [0.05, 0.1) is 25.3 Å². The van der Waals surface area contributed by atoms with Crippen molar-refractivity contribution < 1.29 is 19.4 Å². The quantitative estimate of drug-likeness (QED) is 0.694. The second-order valence-corrected chi connectivity index (χ2v) is 6.66. The molecule has 3 aromatic rings. The number of aryl methyl sites for hydroxylation is 1. The Morgan fingerprint density at radius 2 is 1.92 bits per heavy atom. The van der Waals surface area contributed by atoms with Gasteiger partial charge in [0, 0.05) is 22.8 Å². The summed E-state index contributed by atoms with van der Waals surface area (Å²) in [6.45, 7) is 7.03. The molecule has 0 aliphatic heterocycles. The van der Waals surface area contributed by atoms with Crippen LogP contribution in [0.15, 0.2) is 24.5 Å². The Hall–Kier alpha value is -2.54. The Balaban J connectivity index is 2.04. The Morgan fingerprint density at radius 1 is 1.20 bits per heavy atom. The summed E-state index contributed by atoms with van der Waals surface area (Å²) >= 11 is 1.38. The number of aromatic nitrogens is 2. The molecule has 0 aliphatic carbocycles. The van der Waals surface area contributed by atoms with Crippen molar-refractivity contribution in [3.63, 3.8) is 0 Å². The number of benzene rings is 1. The first-order valence-corrected chi connectivity index (χ1v) is 8.93. The molecule has 0 fully saturated rings. The monoisotopic (exact) mass is 360 g/mol. The maximum atomic E-state index is 10.8. The molecule has 0 amide bonds. The highest BCUT2D eigenvalue weighted by atomic mass is 32.1. The highest BCUT2D eigenvalue weighted by Crippen LogP contribution is 2.36. The molecule has 2 aromatic heterocycles. The fraction of sp³-hybridized carbons (Fsp3) is 0.333. The summed E-state index contributed by atoms with van der Waals surface area (Å²) < 4.78 is 13.3. The summed E-state index contributed by atoms with van der Waals surface area (Å²) in [6, 6.07) is 3.92. The fourth-order valence-electron chi connectivity index (χ4n) is 2.65. The van der Waals surface area contributed by atoms with Gasteiger partial charge in [-0.05, 0) is 38.5 Å². The van der Waals surface area contributed by atoms with Crippen molar-refractivity contribution in [3.8, 4) is 22.8 Å². The number of carboxylic acids is 1. The van der Waals surface area contributed by atoms with Gasteiger partial charge in [0.1, 0.15) is 11.5 Å². The second-order valence-electron chi connectivity index (χ2n) is 5.56. The molecule has 0 aliphatic rings. The van der Waals surface area contributed by atoms with Gasteiger partial charge in [-0.3, -0.25) is 9.20 Å². The topological polar surface area (TPSA) is 73.1 Å². The van der Waals surface area contributed by atoms with Gasteiger partial charge in [0.2, 0.25) is 0 Å². The fourth-order valence-corrected chi connectivity index (χ4v) is 3.60. The van der Waals surface area contributed by atoms with Crippen LogP contribution in [0.4, 0.5) is 0 Å². The molecule has 1 N–H and O–H groups in total. The standard InChI is InChI=1S/C18H20N2O4S/c1-4-23-15-8-13(16(24-5-2)6-11(15)3)14-10-20-9-12(7-17(21)22)25-18(20)19-14/h6,8-10H,4-5,7H2,1-3H3,(H,21,22). The van der Waals surface area contributed by atoms with E-state index < -0.39 is 5.97 Å². The van der Waals surface area contributed by atoms with Crippen LogP contribution in [-0.2, 0) is 11.2 Å². The maximum Gasteiger partial charge on any atom is 0.308 e. The predicted molar refractivity (Wildman–Crippen MR) is 96.9 cm³/mol. The minimum Gasteiger partial charge on any atom is -0.494 e. The molecular weight excluding hydrogens is 340 g/mol. The van der Waals surface area contributed by atoms with Crippen LogP contribution < -0.4 is 9.47 Å². The van der Waals surface area contributed by atoms with Crippen LogP contribution in [0.5, 0.6) is 11.5 Å². The van der Waals surface area contributed by atoms with Gasteiger partial charge in [0.25, 0.3) is 0 Å². The predicted octanol–water partition coefficient (Wildman–Crippen LogP) is 3.80. The van der Waals surface area contributed by atoms with E-state index in [2.05, 4.69) is 4.98 Å². The summed E-state index contributed by atoms with van der Waals surface area (Å²) in [6.07, 6.45) is 3.70. The molecule has 3 rings (SSSR count). The lowest BCUT2D eigenvalue weighted by Gasteiger charge is -2.13. The molecule has 7 heteroatoms. The molecule has 1 aromatic carbocycles. The van der Waals surface area contributed by atoms with E-state index in [4.69, 9.17) is 14.6 Å². The van der Waals surface area contributed by atoms with Crippen molar-refractivity contribution in [1.29, 1.82) is 0 Å². The van der Waals surface area contributed by atoms with Crippen molar-refractivity contribution in [1.82, 2.24) is 9.38 Å². The van der Waals surface area contributed by atoms with Gasteiger partial charge < -0.3 is 14.6 Å². The molecule has 6 nitrogen and oxygen atoms in total. The van der Waals surface area contributed by atoms with E-state index in [9.17, 15) is 4.79 Å². The zero-order valence-corrected chi connectivity index (χ0v) is 15.2. The van der Waals surface area contributed by atoms with Gasteiger partial charge >= 0.3 is 5.97 Å². The Morgan fingerprint density at radius 3 is 2.56 bits per heavy atom. The average Bonchev–Trinajstić information content (AvgIpc) is 3.07. The van der Waals surface area contributed by atoms with Crippen molar-refractivity contribution >= 4 is 22.3 Å². The first kappa shape index (κ1) is 17.3. The number of ether oxygens (including phenoxy) is 2. The number of nitrogens with zero attached hydrogens (tertiary/aromatic N) is 2. The largest absolute Gasteiger partial charge is 0.494 e. The zero-order valence-electron chi connectivity index (χ0n) is 14.4. The molecule has 132 valence electrons. The van der Waals surface area contributed by atoms with E-state index in [1.165, 1.54) is 11.3 Å². The van der Waals surface area contributed by atoms with Crippen LogP contribution >= 0.6 is 11.3 Å².